The molecule has 3 fully saturated rings. The molecule has 0 spiro atoms. The van der Waals surface area contributed by atoms with E-state index >= 15 is 0 Å². The third-order valence-corrected chi connectivity index (χ3v) is 8.09. The van der Waals surface area contributed by atoms with Crippen LogP contribution in [0.15, 0.2) is 41.1 Å². The van der Waals surface area contributed by atoms with Crippen LogP contribution in [-0.4, -0.2) is 40.4 Å². The number of rotatable bonds is 7. The molecule has 3 atom stereocenters. The number of carboxylic acid groups (broad SMARTS) is 1. The highest BCUT2D eigenvalue weighted by Crippen LogP contribution is 2.47. The summed E-state index contributed by atoms with van der Waals surface area (Å²) in [6.45, 7) is 2.24. The van der Waals surface area contributed by atoms with E-state index in [-0.39, 0.29) is 11.7 Å². The number of carbonyl (C=O) groups is 1. The van der Waals surface area contributed by atoms with Crippen molar-refractivity contribution in [3.05, 3.63) is 63.5 Å². The van der Waals surface area contributed by atoms with E-state index in [0.717, 1.165) is 55.9 Å². The molecular weight excluding hydrogens is 489 g/mol. The Morgan fingerprint density at radius 3 is 2.43 bits per heavy atom. The molecule has 3 heterocycles. The molecular formula is C26H25Cl2N3O4. The Kier molecular flexibility index (Phi) is 5.95. The standard InChI is InChI=1S/C26H25Cl2N3O4/c27-20-2-1-3-21(28)23(20)24-19(25(35-30-24)14-4-5-14)13-34-18-8-16-11-31(12-17(16)9-18)22-7-6-15(10-29-22)26(32)33/h1-3,6-7,10,14,16-18H,4-5,8-9,11-13H2,(H,32,33)/t16-,17?,18+/m0/s1. The molecule has 3 aromatic rings. The number of carboxylic acids is 1. The highest BCUT2D eigenvalue weighted by atomic mass is 35.5. The van der Waals surface area contributed by atoms with E-state index in [1.807, 2.05) is 18.2 Å². The number of pyridine rings is 1. The van der Waals surface area contributed by atoms with Crippen molar-refractivity contribution in [3.63, 3.8) is 0 Å². The number of hydrogen-bond acceptors (Lipinski definition) is 6. The van der Waals surface area contributed by atoms with Crippen LogP contribution in [0.4, 0.5) is 5.82 Å². The van der Waals surface area contributed by atoms with Crippen molar-refractivity contribution in [2.75, 3.05) is 18.0 Å². The Bertz CT molecular complexity index is 1220. The van der Waals surface area contributed by atoms with E-state index in [2.05, 4.69) is 15.0 Å². The van der Waals surface area contributed by atoms with E-state index in [1.54, 1.807) is 12.1 Å². The number of benzene rings is 1. The molecule has 1 unspecified atom stereocenters. The maximum absolute atomic E-state index is 11.1. The van der Waals surface area contributed by atoms with Crippen molar-refractivity contribution in [2.24, 2.45) is 11.8 Å². The lowest BCUT2D eigenvalue weighted by molar-refractivity contribution is 0.0402. The second-order valence-corrected chi connectivity index (χ2v) is 10.6. The minimum absolute atomic E-state index is 0.172. The predicted octanol–water partition coefficient (Wildman–Crippen LogP) is 6.05. The van der Waals surface area contributed by atoms with Crippen molar-refractivity contribution in [3.8, 4) is 11.3 Å². The second kappa shape index (κ2) is 9.12. The van der Waals surface area contributed by atoms with E-state index in [0.29, 0.717) is 45.7 Å². The van der Waals surface area contributed by atoms with E-state index in [1.165, 1.54) is 6.20 Å². The van der Waals surface area contributed by atoms with Crippen molar-refractivity contribution in [1.29, 1.82) is 0 Å². The molecule has 1 N–H and O–H groups in total. The number of ether oxygens (including phenoxy) is 1. The van der Waals surface area contributed by atoms with Crippen LogP contribution in [-0.2, 0) is 11.3 Å². The Balaban J connectivity index is 1.13. The number of aromatic nitrogens is 2. The monoisotopic (exact) mass is 513 g/mol. The van der Waals surface area contributed by atoms with Gasteiger partial charge in [0, 0.05) is 36.3 Å². The van der Waals surface area contributed by atoms with Crippen molar-refractivity contribution >= 4 is 35.0 Å². The lowest BCUT2D eigenvalue weighted by Gasteiger charge is -2.20. The number of nitrogens with zero attached hydrogens (tertiary/aromatic N) is 3. The van der Waals surface area contributed by atoms with Crippen molar-refractivity contribution < 1.29 is 19.2 Å². The van der Waals surface area contributed by atoms with Gasteiger partial charge in [-0.25, -0.2) is 9.78 Å². The minimum Gasteiger partial charge on any atom is -0.478 e. The molecule has 2 saturated carbocycles. The van der Waals surface area contributed by atoms with Crippen LogP contribution in [0.5, 0.6) is 0 Å². The molecule has 0 amide bonds. The molecule has 182 valence electrons. The Hall–Kier alpha value is -2.61. The summed E-state index contributed by atoms with van der Waals surface area (Å²) in [7, 11) is 0. The van der Waals surface area contributed by atoms with Crippen LogP contribution in [0, 0.1) is 11.8 Å². The largest absolute Gasteiger partial charge is 0.478 e. The summed E-state index contributed by atoms with van der Waals surface area (Å²) in [6.07, 6.45) is 5.77. The van der Waals surface area contributed by atoms with Gasteiger partial charge in [0.25, 0.3) is 0 Å². The van der Waals surface area contributed by atoms with Crippen molar-refractivity contribution in [2.45, 2.75) is 44.3 Å². The maximum Gasteiger partial charge on any atom is 0.337 e. The summed E-state index contributed by atoms with van der Waals surface area (Å²) in [5, 5.41) is 14.5. The Morgan fingerprint density at radius 2 is 1.83 bits per heavy atom. The number of aromatic carboxylic acids is 1. The highest BCUT2D eigenvalue weighted by Gasteiger charge is 2.42. The van der Waals surface area contributed by atoms with Crippen LogP contribution >= 0.6 is 23.2 Å². The zero-order valence-corrected chi connectivity index (χ0v) is 20.5. The van der Waals surface area contributed by atoms with E-state index in [4.69, 9.17) is 37.6 Å². The van der Waals surface area contributed by atoms with E-state index in [9.17, 15) is 4.79 Å². The predicted molar refractivity (Wildman–Crippen MR) is 132 cm³/mol. The summed E-state index contributed by atoms with van der Waals surface area (Å²) in [4.78, 5) is 17.7. The second-order valence-electron chi connectivity index (χ2n) is 9.78. The topological polar surface area (TPSA) is 88.7 Å². The van der Waals surface area contributed by atoms with Crippen LogP contribution in [0.25, 0.3) is 11.3 Å². The highest BCUT2D eigenvalue weighted by molar-refractivity contribution is 6.39. The first-order chi connectivity index (χ1) is 17.0. The quantitative estimate of drug-likeness (QED) is 0.411. The Morgan fingerprint density at radius 1 is 1.11 bits per heavy atom. The lowest BCUT2D eigenvalue weighted by Crippen LogP contribution is -2.24. The van der Waals surface area contributed by atoms with Gasteiger partial charge in [-0.3, -0.25) is 0 Å². The van der Waals surface area contributed by atoms with Gasteiger partial charge >= 0.3 is 5.97 Å². The third kappa shape index (κ3) is 4.41. The van der Waals surface area contributed by atoms with Gasteiger partial charge in [0.2, 0.25) is 0 Å². The van der Waals surface area contributed by atoms with Crippen LogP contribution in [0.2, 0.25) is 10.0 Å². The number of halogens is 2. The molecule has 2 aliphatic carbocycles. The van der Waals surface area contributed by atoms with Crippen LogP contribution < -0.4 is 4.90 Å². The zero-order valence-electron chi connectivity index (χ0n) is 19.0. The van der Waals surface area contributed by atoms with Gasteiger partial charge in [-0.1, -0.05) is 34.4 Å². The van der Waals surface area contributed by atoms with Gasteiger partial charge in [0.05, 0.1) is 28.3 Å². The first-order valence-corrected chi connectivity index (χ1v) is 12.7. The fourth-order valence-electron chi connectivity index (χ4n) is 5.52. The number of anilines is 1. The molecule has 1 saturated heterocycles. The first kappa shape index (κ1) is 22.8. The van der Waals surface area contributed by atoms with Crippen LogP contribution in [0.3, 0.4) is 0 Å². The molecule has 35 heavy (non-hydrogen) atoms. The Labute approximate surface area is 213 Å². The molecule has 3 aliphatic rings. The molecule has 1 aromatic carbocycles. The average Bonchev–Trinajstić information content (AvgIpc) is 3.31. The zero-order chi connectivity index (χ0) is 24.1. The molecule has 2 aromatic heterocycles. The molecule has 9 heteroatoms. The van der Waals surface area contributed by atoms with Crippen molar-refractivity contribution in [1.82, 2.24) is 10.1 Å². The smallest absolute Gasteiger partial charge is 0.337 e. The third-order valence-electron chi connectivity index (χ3n) is 7.46. The number of fused-ring (bicyclic) bond motifs is 1. The summed E-state index contributed by atoms with van der Waals surface area (Å²) in [6, 6.07) is 8.86. The summed E-state index contributed by atoms with van der Waals surface area (Å²) in [5.41, 5.74) is 2.55. The maximum atomic E-state index is 11.1. The normalized spacial score (nSPS) is 23.6. The van der Waals surface area contributed by atoms with Crippen LogP contribution in [0.1, 0.15) is 53.3 Å². The fourth-order valence-corrected chi connectivity index (χ4v) is 6.09. The van der Waals surface area contributed by atoms with Gasteiger partial charge in [0.1, 0.15) is 17.3 Å². The SMILES string of the molecule is O=C(O)c1ccc(N2CC3C[C@H](OCc4c(-c5c(Cl)cccc5Cl)noc4C4CC4)C[C@H]3C2)nc1. The van der Waals surface area contributed by atoms with Gasteiger partial charge in [0.15, 0.2) is 0 Å². The molecule has 0 bridgehead atoms. The van der Waals surface area contributed by atoms with Gasteiger partial charge in [-0.15, -0.1) is 0 Å². The van der Waals surface area contributed by atoms with E-state index < -0.39 is 5.97 Å². The summed E-state index contributed by atoms with van der Waals surface area (Å²) < 4.78 is 12.2. The minimum atomic E-state index is -0.958. The molecule has 7 nitrogen and oxygen atoms in total. The lowest BCUT2D eigenvalue weighted by atomic mass is 10.0. The molecule has 1 aliphatic heterocycles. The van der Waals surface area contributed by atoms with Gasteiger partial charge in [-0.05, 0) is 61.8 Å². The molecule has 0 radical (unpaired) electrons. The average molecular weight is 514 g/mol. The van der Waals surface area contributed by atoms with Gasteiger partial charge < -0.3 is 19.3 Å². The number of hydrogen-bond donors (Lipinski definition) is 1. The van der Waals surface area contributed by atoms with Gasteiger partial charge in [-0.2, -0.15) is 0 Å². The summed E-state index contributed by atoms with van der Waals surface area (Å²) in [5.74, 6) is 2.23. The molecule has 6 rings (SSSR count). The summed E-state index contributed by atoms with van der Waals surface area (Å²) >= 11 is 12.9. The first-order valence-electron chi connectivity index (χ1n) is 12.0. The fraction of sp³-hybridized carbons (Fsp3) is 0.423.